The third kappa shape index (κ3) is 6.70. The number of aromatic nitrogens is 1. The molecule has 1 aromatic carbocycles. The number of carbonyl (C=O) groups excluding carboxylic acids is 2. The first kappa shape index (κ1) is 24.9. The van der Waals surface area contributed by atoms with E-state index in [0.717, 1.165) is 0 Å². The van der Waals surface area contributed by atoms with Gasteiger partial charge in [-0.05, 0) is 29.4 Å². The summed E-state index contributed by atoms with van der Waals surface area (Å²) in [7, 11) is 1.49. The minimum absolute atomic E-state index is 0.0395. The Bertz CT molecular complexity index is 993. The number of rotatable bonds is 9. The van der Waals surface area contributed by atoms with Crippen molar-refractivity contribution >= 4 is 11.8 Å². The Morgan fingerprint density at radius 2 is 1.83 bits per heavy atom. The summed E-state index contributed by atoms with van der Waals surface area (Å²) in [5, 5.41) is 3.75. The number of carbonyl (C=O) groups is 2. The van der Waals surface area contributed by atoms with Crippen LogP contribution in [-0.4, -0.2) is 92.1 Å². The summed E-state index contributed by atoms with van der Waals surface area (Å²) in [4.78, 5) is 29.5. The van der Waals surface area contributed by atoms with Crippen LogP contribution in [0.5, 0.6) is 11.6 Å². The van der Waals surface area contributed by atoms with Gasteiger partial charge in [0.25, 0.3) is 5.88 Å². The average Bonchev–Trinajstić information content (AvgIpc) is 3.36. The Kier molecular flexibility index (Phi) is 8.19. The van der Waals surface area contributed by atoms with Crippen LogP contribution >= 0.6 is 0 Å². The molecule has 0 bridgehead atoms. The van der Waals surface area contributed by atoms with Gasteiger partial charge < -0.3 is 33.3 Å². The number of hydrogen-bond donors (Lipinski definition) is 0. The van der Waals surface area contributed by atoms with Crippen LogP contribution in [0.1, 0.15) is 18.6 Å². The summed E-state index contributed by atoms with van der Waals surface area (Å²) < 4.78 is 40.8. The minimum atomic E-state index is -1.03. The van der Waals surface area contributed by atoms with Crippen LogP contribution in [0.15, 0.2) is 34.9 Å². The lowest BCUT2D eigenvalue weighted by Crippen LogP contribution is -2.58. The smallest absolute Gasteiger partial charge is 0.254 e. The number of morpholine rings is 2. The SMILES string of the molecule is COc1cc(CCC(=O)N2CCOC(COc3ccc(F)cc3)(CC(=O)N3CCOCC3)C2)on1. The zero-order chi connectivity index (χ0) is 24.7. The Balaban J connectivity index is 1.43. The Morgan fingerprint density at radius 3 is 2.54 bits per heavy atom. The fourth-order valence-corrected chi connectivity index (χ4v) is 4.15. The van der Waals surface area contributed by atoms with Crippen LogP contribution in [0.2, 0.25) is 0 Å². The Hall–Kier alpha value is -3.18. The highest BCUT2D eigenvalue weighted by molar-refractivity contribution is 5.79. The van der Waals surface area contributed by atoms with Gasteiger partial charge in [0.1, 0.15) is 29.5 Å². The highest BCUT2D eigenvalue weighted by Crippen LogP contribution is 2.26. The van der Waals surface area contributed by atoms with E-state index >= 15 is 0 Å². The van der Waals surface area contributed by atoms with Gasteiger partial charge in [0.2, 0.25) is 11.8 Å². The lowest BCUT2D eigenvalue weighted by Gasteiger charge is -2.43. The van der Waals surface area contributed by atoms with E-state index in [9.17, 15) is 14.0 Å². The molecule has 1 atom stereocenters. The zero-order valence-corrected chi connectivity index (χ0v) is 19.7. The molecule has 11 heteroatoms. The van der Waals surface area contributed by atoms with Crippen molar-refractivity contribution in [2.24, 2.45) is 0 Å². The molecule has 2 aliphatic heterocycles. The fraction of sp³-hybridized carbons (Fsp3) is 0.542. The summed E-state index contributed by atoms with van der Waals surface area (Å²) >= 11 is 0. The van der Waals surface area contributed by atoms with Crippen LogP contribution < -0.4 is 9.47 Å². The first-order chi connectivity index (χ1) is 17.0. The third-order valence-electron chi connectivity index (χ3n) is 6.09. The fourth-order valence-electron chi connectivity index (χ4n) is 4.15. The predicted octanol–water partition coefficient (Wildman–Crippen LogP) is 1.68. The van der Waals surface area contributed by atoms with Gasteiger partial charge >= 0.3 is 0 Å². The molecule has 0 aliphatic carbocycles. The maximum absolute atomic E-state index is 13.3. The van der Waals surface area contributed by atoms with E-state index in [4.69, 9.17) is 23.5 Å². The molecule has 35 heavy (non-hydrogen) atoms. The molecular formula is C24H30FN3O7. The first-order valence-electron chi connectivity index (χ1n) is 11.6. The van der Waals surface area contributed by atoms with Crippen LogP contribution in [0.3, 0.4) is 0 Å². The standard InChI is InChI=1S/C24H30FN3O7/c1-31-21-14-20(35-26-21)6-7-22(29)28-10-13-34-24(16-28,15-23(30)27-8-11-32-12-9-27)17-33-19-4-2-18(25)3-5-19/h2-5,14H,6-13,15-17H2,1H3. The minimum Gasteiger partial charge on any atom is -0.490 e. The van der Waals surface area contributed by atoms with Gasteiger partial charge in [-0.25, -0.2) is 4.39 Å². The second-order valence-corrected chi connectivity index (χ2v) is 8.59. The van der Waals surface area contributed by atoms with Crippen molar-refractivity contribution in [3.8, 4) is 11.6 Å². The average molecular weight is 492 g/mol. The van der Waals surface area contributed by atoms with Gasteiger partial charge in [0.15, 0.2) is 0 Å². The van der Waals surface area contributed by atoms with Crippen molar-refractivity contribution in [1.82, 2.24) is 15.0 Å². The number of benzene rings is 1. The van der Waals surface area contributed by atoms with E-state index in [2.05, 4.69) is 5.16 Å². The van der Waals surface area contributed by atoms with Crippen molar-refractivity contribution < 1.29 is 37.5 Å². The molecule has 2 amide bonds. The van der Waals surface area contributed by atoms with Crippen molar-refractivity contribution in [1.29, 1.82) is 0 Å². The predicted molar refractivity (Wildman–Crippen MR) is 121 cm³/mol. The first-order valence-corrected chi connectivity index (χ1v) is 11.6. The Morgan fingerprint density at radius 1 is 1.09 bits per heavy atom. The van der Waals surface area contributed by atoms with Gasteiger partial charge in [-0.15, -0.1) is 0 Å². The van der Waals surface area contributed by atoms with Gasteiger partial charge in [0, 0.05) is 38.5 Å². The Labute approximate surface area is 202 Å². The van der Waals surface area contributed by atoms with Crippen molar-refractivity contribution in [3.05, 3.63) is 41.9 Å². The second kappa shape index (κ2) is 11.5. The molecule has 0 radical (unpaired) electrons. The van der Waals surface area contributed by atoms with Crippen LogP contribution in [0, 0.1) is 5.82 Å². The normalized spacial score (nSPS) is 20.5. The molecule has 0 N–H and O–H groups in total. The second-order valence-electron chi connectivity index (χ2n) is 8.59. The molecule has 1 unspecified atom stereocenters. The summed E-state index contributed by atoms with van der Waals surface area (Å²) in [5.74, 6) is 0.822. The number of nitrogens with zero attached hydrogens (tertiary/aromatic N) is 3. The van der Waals surface area contributed by atoms with E-state index < -0.39 is 5.60 Å². The van der Waals surface area contributed by atoms with Crippen LogP contribution in [0.25, 0.3) is 0 Å². The van der Waals surface area contributed by atoms with Gasteiger partial charge in [0.05, 0.1) is 39.9 Å². The van der Waals surface area contributed by atoms with Crippen molar-refractivity contribution in [3.63, 3.8) is 0 Å². The molecular weight excluding hydrogens is 461 g/mol. The lowest BCUT2D eigenvalue weighted by molar-refractivity contribution is -0.167. The highest BCUT2D eigenvalue weighted by atomic mass is 19.1. The summed E-state index contributed by atoms with van der Waals surface area (Å²) in [6.45, 7) is 2.91. The zero-order valence-electron chi connectivity index (χ0n) is 19.7. The molecule has 2 saturated heterocycles. The van der Waals surface area contributed by atoms with Crippen LogP contribution in [-0.2, 0) is 25.5 Å². The number of ether oxygens (including phenoxy) is 4. The van der Waals surface area contributed by atoms with E-state index in [1.54, 1.807) is 15.9 Å². The maximum Gasteiger partial charge on any atom is 0.254 e. The molecule has 1 aromatic heterocycles. The van der Waals surface area contributed by atoms with Gasteiger partial charge in [-0.2, -0.15) is 0 Å². The molecule has 0 saturated carbocycles. The lowest BCUT2D eigenvalue weighted by atomic mass is 9.96. The number of methoxy groups -OCH3 is 1. The van der Waals surface area contributed by atoms with E-state index in [-0.39, 0.29) is 50.2 Å². The molecule has 190 valence electrons. The maximum atomic E-state index is 13.3. The van der Waals surface area contributed by atoms with E-state index in [1.165, 1.54) is 31.4 Å². The van der Waals surface area contributed by atoms with E-state index in [0.29, 0.717) is 56.7 Å². The highest BCUT2D eigenvalue weighted by Gasteiger charge is 2.42. The molecule has 2 fully saturated rings. The third-order valence-corrected chi connectivity index (χ3v) is 6.09. The number of hydrogen-bond acceptors (Lipinski definition) is 8. The molecule has 2 aliphatic rings. The number of halogens is 1. The van der Waals surface area contributed by atoms with Gasteiger partial charge in [-0.1, -0.05) is 0 Å². The molecule has 0 spiro atoms. The number of amides is 2. The number of aryl methyl sites for hydroxylation is 1. The van der Waals surface area contributed by atoms with Crippen LogP contribution in [0.4, 0.5) is 4.39 Å². The largest absolute Gasteiger partial charge is 0.490 e. The quantitative estimate of drug-likeness (QED) is 0.522. The monoisotopic (exact) mass is 491 g/mol. The topological polar surface area (TPSA) is 104 Å². The summed E-state index contributed by atoms with van der Waals surface area (Å²) in [5.41, 5.74) is -1.03. The molecule has 3 heterocycles. The van der Waals surface area contributed by atoms with E-state index in [1.807, 2.05) is 0 Å². The summed E-state index contributed by atoms with van der Waals surface area (Å²) in [6.07, 6.45) is 0.639. The molecule has 10 nitrogen and oxygen atoms in total. The molecule has 2 aromatic rings. The van der Waals surface area contributed by atoms with Crippen molar-refractivity contribution in [2.75, 3.05) is 59.7 Å². The van der Waals surface area contributed by atoms with Crippen molar-refractivity contribution in [2.45, 2.75) is 24.9 Å². The summed E-state index contributed by atoms with van der Waals surface area (Å²) in [6, 6.07) is 7.29. The van der Waals surface area contributed by atoms with Gasteiger partial charge in [-0.3, -0.25) is 9.59 Å². The molecule has 4 rings (SSSR count).